The number of aromatic amines is 1. The molecule has 0 bridgehead atoms. The summed E-state index contributed by atoms with van der Waals surface area (Å²) in [5.41, 5.74) is 12.3. The van der Waals surface area contributed by atoms with Crippen LogP contribution >= 0.6 is 11.6 Å². The highest BCUT2D eigenvalue weighted by molar-refractivity contribution is 6.33. The first-order chi connectivity index (χ1) is 15.7. The van der Waals surface area contributed by atoms with E-state index in [-0.39, 0.29) is 25.4 Å². The van der Waals surface area contributed by atoms with E-state index in [1.165, 1.54) is 0 Å². The van der Waals surface area contributed by atoms with Gasteiger partial charge in [-0.25, -0.2) is 4.98 Å². The quantitative estimate of drug-likeness (QED) is 0.402. The Balaban J connectivity index is 1.47. The molecule has 0 radical (unpaired) electrons. The lowest BCUT2D eigenvalue weighted by atomic mass is 10.0. The molecule has 4 aromatic rings. The highest BCUT2D eigenvalue weighted by Crippen LogP contribution is 2.35. The molecule has 32 heavy (non-hydrogen) atoms. The molecule has 1 aliphatic heterocycles. The van der Waals surface area contributed by atoms with Gasteiger partial charge in [0.2, 0.25) is 0 Å². The predicted molar refractivity (Wildman–Crippen MR) is 126 cm³/mol. The average Bonchev–Trinajstić information content (AvgIpc) is 3.42. The molecule has 0 unspecified atom stereocenters. The van der Waals surface area contributed by atoms with Crippen LogP contribution < -0.4 is 10.5 Å². The Bertz CT molecular complexity index is 1220. The predicted octanol–water partition coefficient (Wildman–Crippen LogP) is 4.54. The van der Waals surface area contributed by atoms with Crippen LogP contribution in [0.2, 0.25) is 5.02 Å². The van der Waals surface area contributed by atoms with E-state index < -0.39 is 0 Å². The molecule has 0 saturated carbocycles. The molecule has 7 heteroatoms. The molecular formula is C25H24ClN3O3. The van der Waals surface area contributed by atoms with Crippen molar-refractivity contribution in [2.45, 2.75) is 25.2 Å². The number of fused-ring (bicyclic) bond motifs is 1. The summed E-state index contributed by atoms with van der Waals surface area (Å²) in [5.74, 6) is 0.579. The van der Waals surface area contributed by atoms with Gasteiger partial charge in [-0.2, -0.15) is 0 Å². The Morgan fingerprint density at radius 2 is 1.81 bits per heavy atom. The number of benzene rings is 2. The maximum absolute atomic E-state index is 9.28. The molecule has 3 heterocycles. The van der Waals surface area contributed by atoms with Gasteiger partial charge in [0.15, 0.2) is 5.88 Å². The summed E-state index contributed by atoms with van der Waals surface area (Å²) < 4.78 is 11.6. The van der Waals surface area contributed by atoms with E-state index in [9.17, 15) is 5.11 Å². The molecule has 4 N–H and O–H groups in total. The number of ether oxygens (including phenoxy) is 2. The number of hydrogen-bond donors (Lipinski definition) is 3. The Morgan fingerprint density at radius 3 is 2.50 bits per heavy atom. The fourth-order valence-corrected chi connectivity index (χ4v) is 4.37. The minimum Gasteiger partial charge on any atom is -0.473 e. The second kappa shape index (κ2) is 8.92. The smallest absolute Gasteiger partial charge is 0.198 e. The number of aromatic nitrogens is 2. The first-order valence-corrected chi connectivity index (χ1v) is 11.0. The summed E-state index contributed by atoms with van der Waals surface area (Å²) in [7, 11) is 0. The molecule has 1 saturated heterocycles. The van der Waals surface area contributed by atoms with Gasteiger partial charge in [0.1, 0.15) is 6.10 Å². The number of aliphatic hydroxyl groups excluding tert-OH is 1. The Morgan fingerprint density at radius 1 is 1.09 bits per heavy atom. The van der Waals surface area contributed by atoms with Gasteiger partial charge in [0, 0.05) is 18.5 Å². The second-order valence-corrected chi connectivity index (χ2v) is 8.32. The molecule has 2 atom stereocenters. The number of pyridine rings is 1. The Labute approximate surface area is 191 Å². The monoisotopic (exact) mass is 449 g/mol. The van der Waals surface area contributed by atoms with E-state index in [0.29, 0.717) is 29.6 Å². The normalized spacial score (nSPS) is 18.3. The Kier molecular flexibility index (Phi) is 5.85. The molecule has 5 rings (SSSR count). The zero-order valence-corrected chi connectivity index (χ0v) is 18.2. The highest BCUT2D eigenvalue weighted by Gasteiger charge is 2.28. The maximum Gasteiger partial charge on any atom is 0.198 e. The van der Waals surface area contributed by atoms with E-state index >= 15 is 0 Å². The number of nitrogens with two attached hydrogens (primary N) is 1. The van der Waals surface area contributed by atoms with Crippen LogP contribution in [0.1, 0.15) is 12.0 Å². The van der Waals surface area contributed by atoms with Crippen LogP contribution in [-0.2, 0) is 11.3 Å². The summed E-state index contributed by atoms with van der Waals surface area (Å²) in [6.07, 6.45) is 0.290. The summed E-state index contributed by atoms with van der Waals surface area (Å²) >= 11 is 6.61. The van der Waals surface area contributed by atoms with Crippen molar-refractivity contribution < 1.29 is 14.6 Å². The van der Waals surface area contributed by atoms with Gasteiger partial charge < -0.3 is 25.3 Å². The topological polar surface area (TPSA) is 93.4 Å². The van der Waals surface area contributed by atoms with Crippen molar-refractivity contribution in [3.8, 4) is 28.3 Å². The lowest BCUT2D eigenvalue weighted by molar-refractivity contribution is 0.0531. The van der Waals surface area contributed by atoms with Crippen molar-refractivity contribution in [2.24, 2.45) is 5.73 Å². The zero-order valence-electron chi connectivity index (χ0n) is 17.4. The van der Waals surface area contributed by atoms with Crippen LogP contribution in [0.25, 0.3) is 33.4 Å². The van der Waals surface area contributed by atoms with Crippen molar-refractivity contribution in [1.82, 2.24) is 9.97 Å². The van der Waals surface area contributed by atoms with Crippen LogP contribution in [0.15, 0.2) is 60.7 Å². The van der Waals surface area contributed by atoms with Gasteiger partial charge >= 0.3 is 0 Å². The van der Waals surface area contributed by atoms with E-state index in [1.807, 2.05) is 36.4 Å². The van der Waals surface area contributed by atoms with E-state index in [1.54, 1.807) is 0 Å². The molecule has 2 aromatic carbocycles. The van der Waals surface area contributed by atoms with Gasteiger partial charge in [-0.15, -0.1) is 0 Å². The number of hydrogen-bond acceptors (Lipinski definition) is 5. The van der Waals surface area contributed by atoms with Gasteiger partial charge in [0.25, 0.3) is 0 Å². The minimum absolute atomic E-state index is 0.0140. The lowest BCUT2D eigenvalue weighted by Gasteiger charge is -2.11. The molecular weight excluding hydrogens is 426 g/mol. The van der Waals surface area contributed by atoms with Gasteiger partial charge in [-0.1, -0.05) is 66.2 Å². The molecule has 164 valence electrons. The van der Waals surface area contributed by atoms with Gasteiger partial charge in [-0.05, 0) is 17.2 Å². The van der Waals surface area contributed by atoms with Crippen molar-refractivity contribution >= 4 is 22.6 Å². The molecule has 1 fully saturated rings. The molecule has 0 spiro atoms. The van der Waals surface area contributed by atoms with Crippen LogP contribution in [0.5, 0.6) is 5.88 Å². The number of halogens is 1. The lowest BCUT2D eigenvalue weighted by Crippen LogP contribution is -2.18. The third kappa shape index (κ3) is 3.98. The van der Waals surface area contributed by atoms with Crippen molar-refractivity contribution in [3.05, 3.63) is 71.2 Å². The van der Waals surface area contributed by atoms with Crippen LogP contribution in [-0.4, -0.2) is 40.5 Å². The van der Waals surface area contributed by atoms with Crippen molar-refractivity contribution in [3.63, 3.8) is 0 Å². The fourth-order valence-electron chi connectivity index (χ4n) is 4.11. The van der Waals surface area contributed by atoms with E-state index in [2.05, 4.69) is 29.2 Å². The van der Waals surface area contributed by atoms with Crippen molar-refractivity contribution in [1.29, 1.82) is 0 Å². The second-order valence-electron chi connectivity index (χ2n) is 7.91. The SMILES string of the molecule is NCc1c(O[C@@H]2CO[C@H](CO)C2)[nH]c2cc(Cl)c(-c3ccc(-c4ccccc4)cc3)nc12. The largest absolute Gasteiger partial charge is 0.473 e. The fraction of sp³-hybridized carbons (Fsp3) is 0.240. The number of nitrogens with zero attached hydrogens (tertiary/aromatic N) is 1. The number of rotatable bonds is 6. The first-order valence-electron chi connectivity index (χ1n) is 10.6. The third-order valence-corrected chi connectivity index (χ3v) is 6.07. The van der Waals surface area contributed by atoms with Gasteiger partial charge in [0.05, 0.1) is 46.6 Å². The molecule has 6 nitrogen and oxygen atoms in total. The van der Waals surface area contributed by atoms with Crippen LogP contribution in [0.4, 0.5) is 0 Å². The van der Waals surface area contributed by atoms with Crippen molar-refractivity contribution in [2.75, 3.05) is 13.2 Å². The number of H-pyrrole nitrogens is 1. The number of aliphatic hydroxyl groups is 1. The van der Waals surface area contributed by atoms with E-state index in [0.717, 1.165) is 33.3 Å². The van der Waals surface area contributed by atoms with Crippen LogP contribution in [0, 0.1) is 0 Å². The maximum atomic E-state index is 9.28. The summed E-state index contributed by atoms with van der Waals surface area (Å²) in [4.78, 5) is 8.11. The van der Waals surface area contributed by atoms with Crippen LogP contribution in [0.3, 0.4) is 0 Å². The summed E-state index contributed by atoms with van der Waals surface area (Å²) in [6, 6.07) is 20.3. The average molecular weight is 450 g/mol. The first kappa shape index (κ1) is 21.0. The molecule has 1 aliphatic rings. The highest BCUT2D eigenvalue weighted by atomic mass is 35.5. The third-order valence-electron chi connectivity index (χ3n) is 5.79. The summed E-state index contributed by atoms with van der Waals surface area (Å²) in [6.45, 7) is 0.686. The van der Waals surface area contributed by atoms with Gasteiger partial charge in [-0.3, -0.25) is 0 Å². The zero-order chi connectivity index (χ0) is 22.1. The molecule has 0 aliphatic carbocycles. The Hall–Kier alpha value is -2.90. The molecule has 0 amide bonds. The minimum atomic E-state index is -0.191. The van der Waals surface area contributed by atoms with E-state index in [4.69, 9.17) is 31.8 Å². The number of nitrogens with one attached hydrogen (secondary N) is 1. The molecule has 2 aromatic heterocycles. The standard InChI is InChI=1S/C25H24ClN3O3/c26-21-11-22-24(20(12-27)25(28-22)32-19-10-18(13-30)31-14-19)29-23(21)17-8-6-16(7-9-17)15-4-2-1-3-5-15/h1-9,11,18-19,28,30H,10,12-14,27H2/t18-,19-/m0/s1. The summed E-state index contributed by atoms with van der Waals surface area (Å²) in [5, 5.41) is 9.83.